The maximum Gasteiger partial charge on any atom is 0.201 e. The molecule has 1 aliphatic carbocycles. The summed E-state index contributed by atoms with van der Waals surface area (Å²) >= 11 is -0.443. The third kappa shape index (κ3) is 4.60. The second-order valence-electron chi connectivity index (χ2n) is 8.71. The van der Waals surface area contributed by atoms with Gasteiger partial charge in [0, 0.05) is 12.1 Å². The van der Waals surface area contributed by atoms with Gasteiger partial charge in [0.15, 0.2) is 0 Å². The van der Waals surface area contributed by atoms with Gasteiger partial charge in [0.05, 0.1) is 12.2 Å². The van der Waals surface area contributed by atoms with Crippen LogP contribution in [0.25, 0.3) is 0 Å². The number of anilines is 1. The lowest BCUT2D eigenvalue weighted by Gasteiger charge is -2.25. The quantitative estimate of drug-likeness (QED) is 0.539. The number of aliphatic hydroxyl groups is 1. The largest absolute Gasteiger partial charge is 0.383 e. The summed E-state index contributed by atoms with van der Waals surface area (Å²) in [4.78, 5) is 4.22. The molecule has 0 saturated carbocycles. The summed E-state index contributed by atoms with van der Waals surface area (Å²) < 4.78 is 19.6. The van der Waals surface area contributed by atoms with Crippen LogP contribution >= 0.6 is 11.3 Å². The lowest BCUT2D eigenvalue weighted by atomic mass is 10.0. The monoisotopic (exact) mass is 456 g/mol. The van der Waals surface area contributed by atoms with Gasteiger partial charge in [-0.1, -0.05) is 42.0 Å². The fraction of sp³-hybridized carbons (Fsp3) is 0.375. The molecule has 0 bridgehead atoms. The van der Waals surface area contributed by atoms with Crippen LogP contribution in [0.3, 0.4) is 0 Å². The molecule has 0 aliphatic heterocycles. The normalized spacial score (nSPS) is 19.3. The lowest BCUT2D eigenvalue weighted by Crippen LogP contribution is -2.26. The highest BCUT2D eigenvalue weighted by Crippen LogP contribution is 2.39. The van der Waals surface area contributed by atoms with Gasteiger partial charge in [-0.3, -0.25) is 4.18 Å². The molecule has 3 atom stereocenters. The van der Waals surface area contributed by atoms with E-state index in [1.807, 2.05) is 12.1 Å². The maximum atomic E-state index is 13.0. The Bertz CT molecular complexity index is 1110. The van der Waals surface area contributed by atoms with Crippen LogP contribution < -0.4 is 5.32 Å². The van der Waals surface area contributed by atoms with Crippen LogP contribution in [0.15, 0.2) is 46.8 Å². The Labute approximate surface area is 190 Å². The smallest absolute Gasteiger partial charge is 0.201 e. The molecule has 1 unspecified atom stereocenters. The minimum Gasteiger partial charge on any atom is -0.383 e. The van der Waals surface area contributed by atoms with E-state index in [1.54, 1.807) is 13.8 Å². The maximum absolute atomic E-state index is 13.0. The first-order valence-electron chi connectivity index (χ1n) is 10.3. The van der Waals surface area contributed by atoms with Gasteiger partial charge in [-0.2, -0.15) is 0 Å². The van der Waals surface area contributed by atoms with Crippen molar-refractivity contribution in [1.29, 1.82) is 0 Å². The molecule has 1 aliphatic rings. The van der Waals surface area contributed by atoms with Gasteiger partial charge in [0.1, 0.15) is 20.9 Å². The molecule has 4 rings (SSSR count). The highest BCUT2D eigenvalue weighted by molar-refractivity contribution is 7.82. The molecule has 0 fully saturated rings. The molecule has 0 amide bonds. The highest BCUT2D eigenvalue weighted by atomic mass is 32.2. The van der Waals surface area contributed by atoms with Gasteiger partial charge in [-0.05, 0) is 56.9 Å². The zero-order valence-corrected chi connectivity index (χ0v) is 20.1. The number of nitrogens with zero attached hydrogens (tertiary/aromatic N) is 1. The number of thiazole rings is 1. The third-order valence-electron chi connectivity index (χ3n) is 5.54. The molecular formula is C24H28N2O3S2. The minimum atomic E-state index is -1.66. The topological polar surface area (TPSA) is 71.5 Å². The van der Waals surface area contributed by atoms with Crippen LogP contribution in [0.1, 0.15) is 52.7 Å². The van der Waals surface area contributed by atoms with Crippen molar-refractivity contribution in [3.63, 3.8) is 0 Å². The van der Waals surface area contributed by atoms with E-state index in [2.05, 4.69) is 55.3 Å². The predicted molar refractivity (Wildman–Crippen MR) is 126 cm³/mol. The SMILES string of the molecule is Cc1cc(C)c(N[C@@H]2c3ccccc3C[C@@H]2OS(=O)c2cnc(C(C)(C)O)s2)c(C)c1. The van der Waals surface area contributed by atoms with Crippen molar-refractivity contribution in [1.82, 2.24) is 4.98 Å². The number of benzene rings is 2. The Morgan fingerprint density at radius 3 is 2.52 bits per heavy atom. The second-order valence-corrected chi connectivity index (χ2v) is 11.1. The van der Waals surface area contributed by atoms with Gasteiger partial charge in [-0.15, -0.1) is 11.3 Å². The molecule has 2 N–H and O–H groups in total. The zero-order chi connectivity index (χ0) is 22.3. The van der Waals surface area contributed by atoms with E-state index in [0.717, 1.165) is 5.69 Å². The van der Waals surface area contributed by atoms with Gasteiger partial charge < -0.3 is 10.4 Å². The number of hydrogen-bond acceptors (Lipinski definition) is 6. The van der Waals surface area contributed by atoms with Crippen molar-refractivity contribution in [2.24, 2.45) is 0 Å². The lowest BCUT2D eigenvalue weighted by molar-refractivity contribution is 0.0783. The third-order valence-corrected chi connectivity index (χ3v) is 8.16. The van der Waals surface area contributed by atoms with Gasteiger partial charge >= 0.3 is 0 Å². The molecule has 2 aromatic carbocycles. The van der Waals surface area contributed by atoms with Crippen molar-refractivity contribution in [2.45, 2.75) is 63.0 Å². The molecule has 1 heterocycles. The van der Waals surface area contributed by atoms with Crippen molar-refractivity contribution in [3.05, 3.63) is 75.4 Å². The van der Waals surface area contributed by atoms with E-state index in [0.29, 0.717) is 15.6 Å². The molecule has 0 spiro atoms. The molecular weight excluding hydrogens is 428 g/mol. The Hall–Kier alpha value is -2.06. The molecule has 5 nitrogen and oxygen atoms in total. The van der Waals surface area contributed by atoms with E-state index >= 15 is 0 Å². The summed E-state index contributed by atoms with van der Waals surface area (Å²) in [5.41, 5.74) is 5.98. The molecule has 31 heavy (non-hydrogen) atoms. The standard InChI is InChI=1S/C24H28N2O3S2/c1-14-10-15(2)21(16(3)11-14)26-22-18-9-7-6-8-17(18)12-19(22)29-31(28)20-13-25-23(30-20)24(4,5)27/h6-11,13,19,22,26-27H,12H2,1-5H3/t19-,22+,31?/m0/s1. The summed E-state index contributed by atoms with van der Waals surface area (Å²) in [6.07, 6.45) is 1.93. The number of aromatic nitrogens is 1. The summed E-state index contributed by atoms with van der Waals surface area (Å²) in [5.74, 6) is 0. The first kappa shape index (κ1) is 22.1. The fourth-order valence-corrected chi connectivity index (χ4v) is 6.08. The van der Waals surface area contributed by atoms with Crippen molar-refractivity contribution in [3.8, 4) is 0 Å². The average Bonchev–Trinajstić information content (AvgIpc) is 3.30. The Morgan fingerprint density at radius 2 is 1.87 bits per heavy atom. The number of aryl methyl sites for hydroxylation is 3. The molecule has 0 radical (unpaired) electrons. The first-order valence-corrected chi connectivity index (χ1v) is 12.2. The minimum absolute atomic E-state index is 0.109. The Kier molecular flexibility index (Phi) is 6.05. The summed E-state index contributed by atoms with van der Waals surface area (Å²) in [6.45, 7) is 9.64. The summed E-state index contributed by atoms with van der Waals surface area (Å²) in [7, 11) is 0. The first-order chi connectivity index (χ1) is 14.6. The molecule has 1 aromatic heterocycles. The van der Waals surface area contributed by atoms with Gasteiger partial charge in [-0.25, -0.2) is 9.19 Å². The number of nitrogens with one attached hydrogen (secondary N) is 1. The second kappa shape index (κ2) is 8.47. The van der Waals surface area contributed by atoms with Crippen LogP contribution in [0.5, 0.6) is 0 Å². The van der Waals surface area contributed by atoms with Crippen molar-refractivity contribution >= 4 is 28.1 Å². The predicted octanol–water partition coefficient (Wildman–Crippen LogP) is 5.11. The molecule has 3 aromatic rings. The van der Waals surface area contributed by atoms with Crippen molar-refractivity contribution in [2.75, 3.05) is 5.32 Å². The van der Waals surface area contributed by atoms with Crippen LogP contribution in [0.2, 0.25) is 0 Å². The molecule has 164 valence electrons. The van der Waals surface area contributed by atoms with Crippen LogP contribution in [-0.4, -0.2) is 20.4 Å². The van der Waals surface area contributed by atoms with Crippen LogP contribution in [0.4, 0.5) is 5.69 Å². The molecule has 0 saturated heterocycles. The van der Waals surface area contributed by atoms with E-state index < -0.39 is 16.7 Å². The number of rotatable bonds is 6. The summed E-state index contributed by atoms with van der Waals surface area (Å²) in [5, 5.41) is 14.4. The van der Waals surface area contributed by atoms with Crippen molar-refractivity contribution < 1.29 is 13.5 Å². The van der Waals surface area contributed by atoms with Gasteiger partial charge in [0.25, 0.3) is 0 Å². The van der Waals surface area contributed by atoms with Crippen LogP contribution in [0, 0.1) is 20.8 Å². The fourth-order valence-electron chi connectivity index (χ4n) is 4.16. The Balaban J connectivity index is 1.61. The number of hydrogen-bond donors (Lipinski definition) is 2. The van der Waals surface area contributed by atoms with E-state index in [4.69, 9.17) is 4.18 Å². The van der Waals surface area contributed by atoms with E-state index in [1.165, 1.54) is 45.4 Å². The highest BCUT2D eigenvalue weighted by Gasteiger charge is 2.36. The average molecular weight is 457 g/mol. The Morgan fingerprint density at radius 1 is 1.19 bits per heavy atom. The zero-order valence-electron chi connectivity index (χ0n) is 18.4. The van der Waals surface area contributed by atoms with E-state index in [9.17, 15) is 9.32 Å². The number of fused-ring (bicyclic) bond motifs is 1. The van der Waals surface area contributed by atoms with E-state index in [-0.39, 0.29) is 12.1 Å². The summed E-state index contributed by atoms with van der Waals surface area (Å²) in [6, 6.07) is 12.5. The van der Waals surface area contributed by atoms with Gasteiger partial charge in [0.2, 0.25) is 11.1 Å². The van der Waals surface area contributed by atoms with Crippen LogP contribution in [-0.2, 0) is 27.3 Å². The molecule has 7 heteroatoms.